The molecular weight excluding hydrogens is 348 g/mol. The molecule has 3 rings (SSSR count). The fraction of sp³-hybridized carbons (Fsp3) is 0.238. The largest absolute Gasteiger partial charge is 0.497 e. The molecular formula is C21H20O6. The van der Waals surface area contributed by atoms with Gasteiger partial charge in [-0.2, -0.15) is 0 Å². The normalized spacial score (nSPS) is 12.0. The van der Waals surface area contributed by atoms with Crippen molar-refractivity contribution in [2.75, 3.05) is 7.11 Å². The fourth-order valence-corrected chi connectivity index (χ4v) is 2.71. The lowest BCUT2D eigenvalue weighted by molar-refractivity contribution is -0.144. The third-order valence-electron chi connectivity index (χ3n) is 4.32. The molecule has 0 radical (unpaired) electrons. The van der Waals surface area contributed by atoms with Gasteiger partial charge in [-0.1, -0.05) is 13.0 Å². The first kappa shape index (κ1) is 18.5. The Hall–Kier alpha value is -3.28. The molecule has 0 saturated carbocycles. The molecule has 0 fully saturated rings. The van der Waals surface area contributed by atoms with Gasteiger partial charge in [0, 0.05) is 5.56 Å². The molecule has 1 unspecified atom stereocenters. The maximum atomic E-state index is 13.1. The molecule has 3 aromatic rings. The molecule has 0 bridgehead atoms. The molecule has 0 aliphatic carbocycles. The summed E-state index contributed by atoms with van der Waals surface area (Å²) in [7, 11) is 1.56. The van der Waals surface area contributed by atoms with Gasteiger partial charge in [-0.25, -0.2) is 4.79 Å². The van der Waals surface area contributed by atoms with E-state index in [9.17, 15) is 14.7 Å². The van der Waals surface area contributed by atoms with Crippen LogP contribution in [0.3, 0.4) is 0 Å². The van der Waals surface area contributed by atoms with Crippen molar-refractivity contribution in [1.82, 2.24) is 0 Å². The zero-order valence-electron chi connectivity index (χ0n) is 15.3. The minimum Gasteiger partial charge on any atom is -0.497 e. The predicted molar refractivity (Wildman–Crippen MR) is 102 cm³/mol. The Morgan fingerprint density at radius 2 is 1.89 bits per heavy atom. The number of methoxy groups -OCH3 is 1. The van der Waals surface area contributed by atoms with E-state index >= 15 is 0 Å². The van der Waals surface area contributed by atoms with Crippen molar-refractivity contribution in [3.63, 3.8) is 0 Å². The van der Waals surface area contributed by atoms with Gasteiger partial charge >= 0.3 is 5.97 Å². The smallest absolute Gasteiger partial charge is 0.344 e. The quantitative estimate of drug-likeness (QED) is 0.710. The molecule has 27 heavy (non-hydrogen) atoms. The lowest BCUT2D eigenvalue weighted by Gasteiger charge is -2.14. The SMILES string of the molecule is CCc1ccc2oc(-c3ccc(OC)cc3)c(OC(C)C(=O)O)c(=O)c2c1. The Morgan fingerprint density at radius 3 is 2.48 bits per heavy atom. The van der Waals surface area contributed by atoms with Crippen molar-refractivity contribution < 1.29 is 23.8 Å². The first-order valence-electron chi connectivity index (χ1n) is 8.58. The Kier molecular flexibility index (Phi) is 5.16. The van der Waals surface area contributed by atoms with Crippen molar-refractivity contribution in [3.8, 4) is 22.8 Å². The number of aryl methyl sites for hydroxylation is 1. The van der Waals surface area contributed by atoms with Gasteiger partial charge in [0.2, 0.25) is 11.2 Å². The minimum atomic E-state index is -1.20. The Labute approximate surface area is 156 Å². The summed E-state index contributed by atoms with van der Waals surface area (Å²) in [5.74, 6) is -0.448. The first-order valence-corrected chi connectivity index (χ1v) is 8.58. The van der Waals surface area contributed by atoms with Gasteiger partial charge in [0.25, 0.3) is 0 Å². The van der Waals surface area contributed by atoms with E-state index in [0.717, 1.165) is 12.0 Å². The summed E-state index contributed by atoms with van der Waals surface area (Å²) in [6, 6.07) is 12.3. The zero-order valence-corrected chi connectivity index (χ0v) is 15.3. The molecule has 0 amide bonds. The fourth-order valence-electron chi connectivity index (χ4n) is 2.71. The summed E-state index contributed by atoms with van der Waals surface area (Å²) in [5, 5.41) is 9.55. The maximum Gasteiger partial charge on any atom is 0.344 e. The molecule has 1 aromatic heterocycles. The molecule has 6 heteroatoms. The number of carboxylic acid groups (broad SMARTS) is 1. The van der Waals surface area contributed by atoms with Crippen molar-refractivity contribution in [2.45, 2.75) is 26.4 Å². The van der Waals surface area contributed by atoms with Crippen molar-refractivity contribution >= 4 is 16.9 Å². The summed E-state index contributed by atoms with van der Waals surface area (Å²) in [6.07, 6.45) is -0.436. The van der Waals surface area contributed by atoms with Crippen LogP contribution in [0.1, 0.15) is 19.4 Å². The number of hydrogen-bond donors (Lipinski definition) is 1. The summed E-state index contributed by atoms with van der Waals surface area (Å²) in [5.41, 5.74) is 1.58. The number of ether oxygens (including phenoxy) is 2. The van der Waals surface area contributed by atoms with Gasteiger partial charge < -0.3 is 19.0 Å². The van der Waals surface area contributed by atoms with Crippen LogP contribution in [0.15, 0.2) is 51.7 Å². The molecule has 0 aliphatic rings. The van der Waals surface area contributed by atoms with E-state index in [1.165, 1.54) is 6.92 Å². The van der Waals surface area contributed by atoms with Gasteiger partial charge in [-0.15, -0.1) is 0 Å². The van der Waals surface area contributed by atoms with Gasteiger partial charge in [-0.05, 0) is 55.3 Å². The lowest BCUT2D eigenvalue weighted by Crippen LogP contribution is -2.26. The van der Waals surface area contributed by atoms with E-state index in [1.54, 1.807) is 43.5 Å². The van der Waals surface area contributed by atoms with E-state index in [1.807, 2.05) is 13.0 Å². The number of carboxylic acids is 1. The van der Waals surface area contributed by atoms with Gasteiger partial charge in [-0.3, -0.25) is 4.79 Å². The monoisotopic (exact) mass is 368 g/mol. The number of rotatable bonds is 6. The molecule has 1 atom stereocenters. The Morgan fingerprint density at radius 1 is 1.19 bits per heavy atom. The van der Waals surface area contributed by atoms with Crippen LogP contribution >= 0.6 is 0 Å². The third-order valence-corrected chi connectivity index (χ3v) is 4.32. The molecule has 6 nitrogen and oxygen atoms in total. The average Bonchev–Trinajstić information content (AvgIpc) is 2.69. The van der Waals surface area contributed by atoms with Gasteiger partial charge in [0.1, 0.15) is 11.3 Å². The topological polar surface area (TPSA) is 86.0 Å². The van der Waals surface area contributed by atoms with Crippen molar-refractivity contribution in [1.29, 1.82) is 0 Å². The van der Waals surface area contributed by atoms with Crippen LogP contribution in [0.2, 0.25) is 0 Å². The number of carbonyl (C=O) groups is 1. The highest BCUT2D eigenvalue weighted by atomic mass is 16.5. The number of aliphatic carboxylic acids is 1. The molecule has 1 N–H and O–H groups in total. The van der Waals surface area contributed by atoms with Crippen LogP contribution in [0.25, 0.3) is 22.3 Å². The van der Waals surface area contributed by atoms with Crippen LogP contribution in [0.4, 0.5) is 0 Å². The number of hydrogen-bond acceptors (Lipinski definition) is 5. The van der Waals surface area contributed by atoms with Gasteiger partial charge in [0.15, 0.2) is 11.9 Å². The summed E-state index contributed by atoms with van der Waals surface area (Å²) < 4.78 is 16.6. The van der Waals surface area contributed by atoms with Crippen LogP contribution in [0.5, 0.6) is 11.5 Å². The van der Waals surface area contributed by atoms with Gasteiger partial charge in [0.05, 0.1) is 12.5 Å². The Bertz CT molecular complexity index is 1030. The second-order valence-electron chi connectivity index (χ2n) is 6.10. The maximum absolute atomic E-state index is 13.1. The van der Waals surface area contributed by atoms with Crippen LogP contribution < -0.4 is 14.9 Å². The molecule has 0 aliphatic heterocycles. The second-order valence-corrected chi connectivity index (χ2v) is 6.10. The standard InChI is InChI=1S/C21H20O6/c1-4-13-5-10-17-16(11-13)18(22)20(26-12(2)21(23)24)19(27-17)14-6-8-15(25-3)9-7-14/h5-12H,4H2,1-3H3,(H,23,24). The zero-order chi connectivity index (χ0) is 19.6. The number of benzene rings is 2. The predicted octanol–water partition coefficient (Wildman–Crippen LogP) is 3.88. The van der Waals surface area contributed by atoms with E-state index in [2.05, 4.69) is 0 Å². The van der Waals surface area contributed by atoms with Crippen molar-refractivity contribution in [3.05, 3.63) is 58.3 Å². The molecule has 0 saturated heterocycles. The minimum absolute atomic E-state index is 0.115. The summed E-state index contributed by atoms with van der Waals surface area (Å²) in [4.78, 5) is 24.3. The Balaban J connectivity index is 2.25. The third kappa shape index (κ3) is 3.65. The molecule has 140 valence electrons. The number of fused-ring (bicyclic) bond motifs is 1. The van der Waals surface area contributed by atoms with E-state index < -0.39 is 17.5 Å². The second kappa shape index (κ2) is 7.53. The first-order chi connectivity index (χ1) is 12.9. The molecule has 2 aromatic carbocycles. The highest BCUT2D eigenvalue weighted by Crippen LogP contribution is 2.32. The van der Waals surface area contributed by atoms with Crippen LogP contribution in [-0.4, -0.2) is 24.3 Å². The highest BCUT2D eigenvalue weighted by molar-refractivity contribution is 5.83. The lowest BCUT2D eigenvalue weighted by atomic mass is 10.1. The van der Waals surface area contributed by atoms with Crippen LogP contribution in [0, 0.1) is 0 Å². The molecule has 0 spiro atoms. The average molecular weight is 368 g/mol. The summed E-state index contributed by atoms with van der Waals surface area (Å²) in [6.45, 7) is 3.35. The highest BCUT2D eigenvalue weighted by Gasteiger charge is 2.22. The van der Waals surface area contributed by atoms with E-state index in [4.69, 9.17) is 13.9 Å². The van der Waals surface area contributed by atoms with E-state index in [0.29, 0.717) is 22.3 Å². The van der Waals surface area contributed by atoms with Crippen LogP contribution in [-0.2, 0) is 11.2 Å². The molecule has 1 heterocycles. The van der Waals surface area contributed by atoms with E-state index in [-0.39, 0.29) is 11.5 Å². The van der Waals surface area contributed by atoms with Crippen molar-refractivity contribution in [2.24, 2.45) is 0 Å². The summed E-state index contributed by atoms with van der Waals surface area (Å²) >= 11 is 0.